The fourth-order valence-corrected chi connectivity index (χ4v) is 1.95. The first kappa shape index (κ1) is 11.5. The lowest BCUT2D eigenvalue weighted by atomic mass is 9.78. The third-order valence-electron chi connectivity index (χ3n) is 3.24. The van der Waals surface area contributed by atoms with Crippen LogP contribution in [-0.2, 0) is 10.3 Å². The Kier molecular flexibility index (Phi) is 3.25. The summed E-state index contributed by atoms with van der Waals surface area (Å²) < 4.78 is 10.6. The number of nitrogens with zero attached hydrogens (tertiary/aromatic N) is 2. The fraction of sp³-hybridized carbons (Fsp3) is 0.818. The van der Waals surface area contributed by atoms with Crippen LogP contribution in [0.15, 0.2) is 4.52 Å². The molecule has 0 aliphatic heterocycles. The van der Waals surface area contributed by atoms with Gasteiger partial charge in [0.25, 0.3) is 0 Å². The van der Waals surface area contributed by atoms with Gasteiger partial charge in [0.2, 0.25) is 11.7 Å². The summed E-state index contributed by atoms with van der Waals surface area (Å²) >= 11 is 0. The van der Waals surface area contributed by atoms with Crippen LogP contribution in [0.2, 0.25) is 0 Å². The van der Waals surface area contributed by atoms with Gasteiger partial charge in [-0.3, -0.25) is 0 Å². The first-order valence-corrected chi connectivity index (χ1v) is 5.85. The molecule has 0 radical (unpaired) electrons. The minimum atomic E-state index is -0.379. The monoisotopic (exact) mass is 225 g/mol. The van der Waals surface area contributed by atoms with Crippen molar-refractivity contribution in [2.24, 2.45) is 5.73 Å². The Balaban J connectivity index is 2.11. The molecule has 1 aliphatic rings. The molecule has 1 atom stereocenters. The molecule has 0 aromatic carbocycles. The lowest BCUT2D eigenvalue weighted by Gasteiger charge is -2.33. The van der Waals surface area contributed by atoms with Gasteiger partial charge in [0.05, 0.1) is 5.54 Å². The zero-order chi connectivity index (χ0) is 11.6. The summed E-state index contributed by atoms with van der Waals surface area (Å²) in [6, 6.07) is 0. The Hall–Kier alpha value is -0.940. The van der Waals surface area contributed by atoms with Crippen LogP contribution in [-0.4, -0.2) is 17.3 Å². The number of ether oxygens (including phenoxy) is 1. The normalized spacial score (nSPS) is 20.4. The molecular formula is C11H19N3O2. The predicted molar refractivity (Wildman–Crippen MR) is 58.7 cm³/mol. The van der Waals surface area contributed by atoms with Crippen molar-refractivity contribution in [1.82, 2.24) is 10.1 Å². The van der Waals surface area contributed by atoms with Crippen LogP contribution in [0.3, 0.4) is 0 Å². The number of rotatable bonds is 5. The molecule has 1 aromatic rings. The quantitative estimate of drug-likeness (QED) is 0.828. The molecule has 1 unspecified atom stereocenters. The molecule has 5 heteroatoms. The van der Waals surface area contributed by atoms with Crippen molar-refractivity contribution >= 4 is 0 Å². The summed E-state index contributed by atoms with van der Waals surface area (Å²) in [5.41, 5.74) is 5.74. The molecule has 0 amide bonds. The average Bonchev–Trinajstić information content (AvgIpc) is 2.72. The average molecular weight is 225 g/mol. The maximum Gasteiger partial charge on any atom is 0.246 e. The van der Waals surface area contributed by atoms with Crippen molar-refractivity contribution in [3.05, 3.63) is 11.7 Å². The summed E-state index contributed by atoms with van der Waals surface area (Å²) in [4.78, 5) is 4.37. The largest absolute Gasteiger partial charge is 0.373 e. The standard InChI is InChI=1S/C11H19N3O2/c1-3-5-8(15-2)9-13-10(16-14-9)11(12)6-4-7-11/h8H,3-7,12H2,1-2H3. The molecule has 0 spiro atoms. The molecule has 0 saturated heterocycles. The summed E-state index contributed by atoms with van der Waals surface area (Å²) in [5.74, 6) is 1.18. The molecule has 0 bridgehead atoms. The van der Waals surface area contributed by atoms with Crippen molar-refractivity contribution in [3.63, 3.8) is 0 Å². The zero-order valence-corrected chi connectivity index (χ0v) is 9.90. The van der Waals surface area contributed by atoms with Gasteiger partial charge in [-0.25, -0.2) is 0 Å². The summed E-state index contributed by atoms with van der Waals surface area (Å²) in [7, 11) is 1.66. The van der Waals surface area contributed by atoms with Gasteiger partial charge in [-0.1, -0.05) is 18.5 Å². The van der Waals surface area contributed by atoms with Crippen molar-refractivity contribution in [1.29, 1.82) is 0 Å². The van der Waals surface area contributed by atoms with Crippen LogP contribution in [0.25, 0.3) is 0 Å². The van der Waals surface area contributed by atoms with E-state index in [1.165, 1.54) is 0 Å². The first-order valence-electron chi connectivity index (χ1n) is 5.85. The number of hydrogen-bond donors (Lipinski definition) is 1. The molecule has 1 aliphatic carbocycles. The van der Waals surface area contributed by atoms with E-state index in [0.717, 1.165) is 32.1 Å². The molecule has 1 aromatic heterocycles. The molecule has 5 nitrogen and oxygen atoms in total. The molecular weight excluding hydrogens is 206 g/mol. The van der Waals surface area contributed by atoms with Gasteiger partial charge in [0.1, 0.15) is 6.10 Å². The maximum atomic E-state index is 6.12. The second kappa shape index (κ2) is 4.51. The van der Waals surface area contributed by atoms with E-state index in [1.54, 1.807) is 7.11 Å². The minimum Gasteiger partial charge on any atom is -0.373 e. The molecule has 2 N–H and O–H groups in total. The Morgan fingerprint density at radius 1 is 1.56 bits per heavy atom. The summed E-state index contributed by atoms with van der Waals surface area (Å²) in [6.07, 6.45) is 4.84. The Bertz CT molecular complexity index is 347. The van der Waals surface area contributed by atoms with Crippen LogP contribution >= 0.6 is 0 Å². The molecule has 1 saturated carbocycles. The van der Waals surface area contributed by atoms with E-state index in [2.05, 4.69) is 17.1 Å². The van der Waals surface area contributed by atoms with E-state index in [9.17, 15) is 0 Å². The lowest BCUT2D eigenvalue weighted by molar-refractivity contribution is 0.0853. The van der Waals surface area contributed by atoms with Crippen molar-refractivity contribution in [2.45, 2.75) is 50.7 Å². The highest BCUT2D eigenvalue weighted by molar-refractivity contribution is 5.07. The van der Waals surface area contributed by atoms with Gasteiger partial charge in [0, 0.05) is 7.11 Å². The van der Waals surface area contributed by atoms with Gasteiger partial charge in [-0.05, 0) is 25.7 Å². The number of hydrogen-bond acceptors (Lipinski definition) is 5. The summed E-state index contributed by atoms with van der Waals surface area (Å²) in [6.45, 7) is 2.10. The van der Waals surface area contributed by atoms with Crippen molar-refractivity contribution in [3.8, 4) is 0 Å². The first-order chi connectivity index (χ1) is 7.69. The highest BCUT2D eigenvalue weighted by Gasteiger charge is 2.40. The number of aromatic nitrogens is 2. The zero-order valence-electron chi connectivity index (χ0n) is 9.90. The van der Waals surface area contributed by atoms with E-state index in [4.69, 9.17) is 15.0 Å². The van der Waals surface area contributed by atoms with Crippen LogP contribution in [0.1, 0.15) is 56.8 Å². The lowest BCUT2D eigenvalue weighted by Crippen LogP contribution is -2.43. The van der Waals surface area contributed by atoms with Crippen LogP contribution in [0.5, 0.6) is 0 Å². The minimum absolute atomic E-state index is 0.0776. The van der Waals surface area contributed by atoms with Gasteiger partial charge < -0.3 is 15.0 Å². The number of nitrogens with two attached hydrogens (primary N) is 1. The summed E-state index contributed by atoms with van der Waals surface area (Å²) in [5, 5.41) is 3.96. The molecule has 1 heterocycles. The third-order valence-corrected chi connectivity index (χ3v) is 3.24. The van der Waals surface area contributed by atoms with E-state index in [0.29, 0.717) is 11.7 Å². The Labute approximate surface area is 95.3 Å². The van der Waals surface area contributed by atoms with Gasteiger partial charge in [-0.15, -0.1) is 0 Å². The van der Waals surface area contributed by atoms with Crippen LogP contribution in [0.4, 0.5) is 0 Å². The molecule has 1 fully saturated rings. The van der Waals surface area contributed by atoms with E-state index in [1.807, 2.05) is 0 Å². The highest BCUT2D eigenvalue weighted by atomic mass is 16.5. The fourth-order valence-electron chi connectivity index (χ4n) is 1.95. The second-order valence-electron chi connectivity index (χ2n) is 4.48. The number of methoxy groups -OCH3 is 1. The smallest absolute Gasteiger partial charge is 0.246 e. The van der Waals surface area contributed by atoms with E-state index in [-0.39, 0.29) is 11.6 Å². The van der Waals surface area contributed by atoms with Gasteiger partial charge in [0.15, 0.2) is 0 Å². The van der Waals surface area contributed by atoms with Crippen molar-refractivity contribution < 1.29 is 9.26 Å². The predicted octanol–water partition coefficient (Wildman–Crippen LogP) is 1.90. The van der Waals surface area contributed by atoms with Gasteiger partial charge in [-0.2, -0.15) is 4.98 Å². The van der Waals surface area contributed by atoms with E-state index >= 15 is 0 Å². The maximum absolute atomic E-state index is 6.12. The molecule has 16 heavy (non-hydrogen) atoms. The van der Waals surface area contributed by atoms with Gasteiger partial charge >= 0.3 is 0 Å². The topological polar surface area (TPSA) is 74.2 Å². The second-order valence-corrected chi connectivity index (χ2v) is 4.48. The van der Waals surface area contributed by atoms with Crippen LogP contribution < -0.4 is 5.73 Å². The molecule has 2 rings (SSSR count). The van der Waals surface area contributed by atoms with E-state index < -0.39 is 0 Å². The molecule has 90 valence electrons. The third kappa shape index (κ3) is 1.97. The Morgan fingerprint density at radius 2 is 2.31 bits per heavy atom. The van der Waals surface area contributed by atoms with Crippen LogP contribution in [0, 0.1) is 0 Å². The van der Waals surface area contributed by atoms with Crippen molar-refractivity contribution in [2.75, 3.05) is 7.11 Å². The Morgan fingerprint density at radius 3 is 2.81 bits per heavy atom. The highest BCUT2D eigenvalue weighted by Crippen LogP contribution is 2.38. The SMILES string of the molecule is CCCC(OC)c1noc(C2(N)CCC2)n1.